The van der Waals surface area contributed by atoms with Crippen molar-refractivity contribution in [2.75, 3.05) is 11.1 Å². The highest BCUT2D eigenvalue weighted by Crippen LogP contribution is 2.34. The Kier molecular flexibility index (Phi) is 4.48. The highest BCUT2D eigenvalue weighted by molar-refractivity contribution is 9.10. The lowest BCUT2D eigenvalue weighted by molar-refractivity contribution is 0.597. The maximum atomic E-state index is 11.6. The maximum absolute atomic E-state index is 11.6. The third kappa shape index (κ3) is 3.49. The minimum absolute atomic E-state index is 0.0110. The molecule has 0 heterocycles. The molecule has 0 saturated carbocycles. The number of benzene rings is 2. The van der Waals surface area contributed by atoms with E-state index < -0.39 is 10.0 Å². The Morgan fingerprint density at radius 3 is 2.52 bits per heavy atom. The van der Waals surface area contributed by atoms with Crippen molar-refractivity contribution in [2.45, 2.75) is 11.8 Å². The van der Waals surface area contributed by atoms with E-state index in [4.69, 9.17) is 22.5 Å². The average Bonchev–Trinajstić information content (AvgIpc) is 2.37. The van der Waals surface area contributed by atoms with Gasteiger partial charge in [0.2, 0.25) is 10.0 Å². The number of hydrogen-bond acceptors (Lipinski definition) is 4. The summed E-state index contributed by atoms with van der Waals surface area (Å²) in [7, 11) is -3.85. The van der Waals surface area contributed by atoms with E-state index >= 15 is 0 Å². The Morgan fingerprint density at radius 2 is 1.90 bits per heavy atom. The minimum atomic E-state index is -3.85. The van der Waals surface area contributed by atoms with Crippen LogP contribution in [0, 0.1) is 6.92 Å². The maximum Gasteiger partial charge on any atom is 0.238 e. The zero-order chi connectivity index (χ0) is 15.8. The van der Waals surface area contributed by atoms with E-state index in [1.165, 1.54) is 6.07 Å². The number of nitrogen functional groups attached to an aromatic ring is 1. The Labute approximate surface area is 136 Å². The molecule has 0 unspecified atom stereocenters. The lowest BCUT2D eigenvalue weighted by Crippen LogP contribution is -2.15. The Hall–Kier alpha value is -1.28. The van der Waals surface area contributed by atoms with Crippen LogP contribution in [-0.4, -0.2) is 8.42 Å². The molecule has 21 heavy (non-hydrogen) atoms. The number of sulfonamides is 1. The summed E-state index contributed by atoms with van der Waals surface area (Å²) >= 11 is 9.40. The van der Waals surface area contributed by atoms with Crippen LogP contribution in [0.2, 0.25) is 5.02 Å². The van der Waals surface area contributed by atoms with Gasteiger partial charge in [-0.25, -0.2) is 13.6 Å². The van der Waals surface area contributed by atoms with Gasteiger partial charge < -0.3 is 11.1 Å². The Morgan fingerprint density at radius 1 is 1.24 bits per heavy atom. The van der Waals surface area contributed by atoms with Crippen LogP contribution in [0.3, 0.4) is 0 Å². The predicted molar refractivity (Wildman–Crippen MR) is 89.4 cm³/mol. The molecule has 2 rings (SSSR count). The molecule has 0 bridgehead atoms. The molecule has 2 aromatic carbocycles. The lowest BCUT2D eigenvalue weighted by Gasteiger charge is -2.15. The molecule has 8 heteroatoms. The molecule has 0 saturated heterocycles. The molecule has 0 amide bonds. The fourth-order valence-corrected chi connectivity index (χ4v) is 3.25. The molecule has 0 spiro atoms. The number of nitrogens with one attached hydrogen (secondary N) is 1. The number of anilines is 3. The molecular weight excluding hydrogens is 378 g/mol. The van der Waals surface area contributed by atoms with Crippen molar-refractivity contribution in [1.82, 2.24) is 0 Å². The molecule has 0 aliphatic rings. The summed E-state index contributed by atoms with van der Waals surface area (Å²) in [5, 5.41) is 8.84. The van der Waals surface area contributed by atoms with Gasteiger partial charge >= 0.3 is 0 Å². The van der Waals surface area contributed by atoms with Gasteiger partial charge in [-0.3, -0.25) is 0 Å². The second-order valence-electron chi connectivity index (χ2n) is 4.46. The van der Waals surface area contributed by atoms with E-state index in [9.17, 15) is 8.42 Å². The molecule has 0 fully saturated rings. The van der Waals surface area contributed by atoms with Gasteiger partial charge in [0.05, 0.1) is 20.1 Å². The average molecular weight is 391 g/mol. The smallest absolute Gasteiger partial charge is 0.238 e. The third-order valence-corrected chi connectivity index (χ3v) is 5.34. The van der Waals surface area contributed by atoms with Crippen LogP contribution in [0.4, 0.5) is 17.1 Å². The summed E-state index contributed by atoms with van der Waals surface area (Å²) in [4.78, 5) is -0.0110. The standard InChI is InChI=1S/C13H13BrClN3O2S/c1-7-11(5-8(16)6-12(7)21(17,19)20)18-10-4-2-3-9(15)13(10)14/h2-6,18H,16H2,1H3,(H2,17,19,20). The summed E-state index contributed by atoms with van der Waals surface area (Å²) in [6.07, 6.45) is 0. The van der Waals surface area contributed by atoms with E-state index in [2.05, 4.69) is 21.2 Å². The summed E-state index contributed by atoms with van der Waals surface area (Å²) < 4.78 is 23.9. The van der Waals surface area contributed by atoms with Gasteiger partial charge in [0.25, 0.3) is 0 Å². The molecule has 0 aliphatic heterocycles. The van der Waals surface area contributed by atoms with Gasteiger partial charge in [0.1, 0.15) is 0 Å². The van der Waals surface area contributed by atoms with Gasteiger partial charge in [-0.1, -0.05) is 17.7 Å². The molecule has 0 aliphatic carbocycles. The van der Waals surface area contributed by atoms with Gasteiger partial charge in [-0.2, -0.15) is 0 Å². The first-order valence-corrected chi connectivity index (χ1v) is 8.56. The molecule has 2 aromatic rings. The van der Waals surface area contributed by atoms with Crippen molar-refractivity contribution in [3.05, 3.63) is 45.4 Å². The van der Waals surface area contributed by atoms with Crippen molar-refractivity contribution >= 4 is 54.6 Å². The monoisotopic (exact) mass is 389 g/mol. The first-order valence-electron chi connectivity index (χ1n) is 5.84. The van der Waals surface area contributed by atoms with Crippen LogP contribution in [0.25, 0.3) is 0 Å². The second-order valence-corrected chi connectivity index (χ2v) is 7.19. The zero-order valence-corrected chi connectivity index (χ0v) is 14.2. The molecule has 5 nitrogen and oxygen atoms in total. The first kappa shape index (κ1) is 16.1. The summed E-state index contributed by atoms with van der Waals surface area (Å²) in [6, 6.07) is 8.28. The summed E-state index contributed by atoms with van der Waals surface area (Å²) in [6.45, 7) is 1.65. The third-order valence-electron chi connectivity index (χ3n) is 2.91. The second kappa shape index (κ2) is 5.84. The first-order chi connectivity index (χ1) is 9.70. The van der Waals surface area contributed by atoms with Crippen molar-refractivity contribution < 1.29 is 8.42 Å². The molecular formula is C13H13BrClN3O2S. The highest BCUT2D eigenvalue weighted by Gasteiger charge is 2.16. The number of halogens is 2. The molecule has 0 atom stereocenters. The normalized spacial score (nSPS) is 11.4. The van der Waals surface area contributed by atoms with Crippen LogP contribution >= 0.6 is 27.5 Å². The van der Waals surface area contributed by atoms with Crippen LogP contribution in [-0.2, 0) is 10.0 Å². The SMILES string of the molecule is Cc1c(Nc2cccc(Cl)c2Br)cc(N)cc1S(N)(=O)=O. The largest absolute Gasteiger partial charge is 0.399 e. The van der Waals surface area contributed by atoms with Crippen molar-refractivity contribution in [3.63, 3.8) is 0 Å². The predicted octanol–water partition coefficient (Wildman–Crippen LogP) is 3.38. The molecule has 112 valence electrons. The summed E-state index contributed by atoms with van der Waals surface area (Å²) in [5.74, 6) is 0. The molecule has 5 N–H and O–H groups in total. The molecule has 0 radical (unpaired) electrons. The van der Waals surface area contributed by atoms with Crippen LogP contribution in [0.5, 0.6) is 0 Å². The van der Waals surface area contributed by atoms with Crippen LogP contribution in [0.15, 0.2) is 39.7 Å². The highest BCUT2D eigenvalue weighted by atomic mass is 79.9. The van der Waals surface area contributed by atoms with Crippen molar-refractivity contribution in [3.8, 4) is 0 Å². The van der Waals surface area contributed by atoms with E-state index in [0.29, 0.717) is 32.1 Å². The number of hydrogen-bond donors (Lipinski definition) is 3. The fraction of sp³-hybridized carbons (Fsp3) is 0.0769. The van der Waals surface area contributed by atoms with E-state index in [1.807, 2.05) is 0 Å². The fourth-order valence-electron chi connectivity index (χ4n) is 1.88. The van der Waals surface area contributed by atoms with E-state index in [-0.39, 0.29) is 4.90 Å². The van der Waals surface area contributed by atoms with Gasteiger partial charge in [-0.15, -0.1) is 0 Å². The summed E-state index contributed by atoms with van der Waals surface area (Å²) in [5.41, 5.74) is 7.76. The van der Waals surface area contributed by atoms with Crippen molar-refractivity contribution in [2.24, 2.45) is 5.14 Å². The zero-order valence-electron chi connectivity index (χ0n) is 11.0. The topological polar surface area (TPSA) is 98.2 Å². The van der Waals surface area contributed by atoms with E-state index in [1.54, 1.807) is 31.2 Å². The number of nitrogens with two attached hydrogens (primary N) is 2. The van der Waals surface area contributed by atoms with Crippen LogP contribution in [0.1, 0.15) is 5.56 Å². The lowest BCUT2D eigenvalue weighted by atomic mass is 10.1. The van der Waals surface area contributed by atoms with Crippen LogP contribution < -0.4 is 16.2 Å². The van der Waals surface area contributed by atoms with Crippen molar-refractivity contribution in [1.29, 1.82) is 0 Å². The Bertz CT molecular complexity index is 809. The molecule has 0 aromatic heterocycles. The van der Waals surface area contributed by atoms with E-state index in [0.717, 1.165) is 0 Å². The minimum Gasteiger partial charge on any atom is -0.399 e. The number of primary sulfonamides is 1. The quantitative estimate of drug-likeness (QED) is 0.700. The number of rotatable bonds is 3. The van der Waals surface area contributed by atoms with Gasteiger partial charge in [-0.05, 0) is 52.7 Å². The Balaban J connectivity index is 2.55. The van der Waals surface area contributed by atoms with Gasteiger partial charge in [0.15, 0.2) is 0 Å². The van der Waals surface area contributed by atoms with Gasteiger partial charge in [0, 0.05) is 11.4 Å².